The van der Waals surface area contributed by atoms with Crippen LogP contribution in [-0.4, -0.2) is 59.6 Å². The summed E-state index contributed by atoms with van der Waals surface area (Å²) in [4.78, 5) is 12.2. The quantitative estimate of drug-likeness (QED) is 0.679. The minimum atomic E-state index is -4.06. The molecule has 0 unspecified atom stereocenters. The van der Waals surface area contributed by atoms with E-state index in [4.69, 9.17) is 9.47 Å². The zero-order valence-corrected chi connectivity index (χ0v) is 19.8. The van der Waals surface area contributed by atoms with E-state index >= 15 is 0 Å². The fraction of sp³-hybridized carbons (Fsp3) is 0.667. The molecule has 166 valence electrons. The number of nitrogens with zero attached hydrogens (tertiary/aromatic N) is 1. The Morgan fingerprint density at radius 2 is 1.73 bits per heavy atom. The molecule has 9 heteroatoms. The van der Waals surface area contributed by atoms with Crippen LogP contribution in [0.4, 0.5) is 0 Å². The van der Waals surface area contributed by atoms with E-state index in [2.05, 4.69) is 28.1 Å². The lowest BCUT2D eigenvalue weighted by Crippen LogP contribution is -2.54. The van der Waals surface area contributed by atoms with E-state index in [1.54, 1.807) is 13.8 Å². The van der Waals surface area contributed by atoms with Crippen LogP contribution < -0.4 is 0 Å². The summed E-state index contributed by atoms with van der Waals surface area (Å²) in [5.41, 5.74) is 2.34. The maximum atomic E-state index is 13.5. The second-order valence-electron chi connectivity index (χ2n) is 9.11. The second kappa shape index (κ2) is 7.55. The standard InChI is InChI=1S/C21H28BrNO6S/c1-13-10-15(4-5-16(13)22)14-6-8-23(9-7-14)30(26,27)21(19(24)25)11-17-18(12-21)29-20(2,3)28-17/h4-5,10,14,17-18H,6-9,11-12H2,1-3H3,(H,24,25)/t17-,18-/m0/s1. The lowest BCUT2D eigenvalue weighted by molar-refractivity contribution is -0.159. The van der Waals surface area contributed by atoms with Crippen molar-refractivity contribution in [1.29, 1.82) is 0 Å². The van der Waals surface area contributed by atoms with Crippen molar-refractivity contribution in [2.45, 2.75) is 75.1 Å². The number of carboxylic acid groups (broad SMARTS) is 1. The van der Waals surface area contributed by atoms with Crippen LogP contribution in [0.15, 0.2) is 22.7 Å². The monoisotopic (exact) mass is 501 g/mol. The summed E-state index contributed by atoms with van der Waals surface area (Å²) < 4.78 is 39.1. The van der Waals surface area contributed by atoms with Crippen LogP contribution in [0, 0.1) is 6.92 Å². The molecule has 1 aromatic carbocycles. The number of hydrogen-bond donors (Lipinski definition) is 1. The lowest BCUT2D eigenvalue weighted by atomic mass is 9.89. The molecule has 3 fully saturated rings. The van der Waals surface area contributed by atoms with Gasteiger partial charge in [-0.15, -0.1) is 0 Å². The van der Waals surface area contributed by atoms with Gasteiger partial charge in [-0.3, -0.25) is 4.79 Å². The van der Waals surface area contributed by atoms with Crippen LogP contribution in [0.2, 0.25) is 0 Å². The molecule has 1 N–H and O–H groups in total. The highest BCUT2D eigenvalue weighted by atomic mass is 79.9. The van der Waals surface area contributed by atoms with Gasteiger partial charge in [0.1, 0.15) is 0 Å². The van der Waals surface area contributed by atoms with Gasteiger partial charge in [0.05, 0.1) is 12.2 Å². The molecule has 2 atom stereocenters. The highest BCUT2D eigenvalue weighted by Gasteiger charge is 2.65. The summed E-state index contributed by atoms with van der Waals surface area (Å²) in [5.74, 6) is -1.86. The molecule has 30 heavy (non-hydrogen) atoms. The summed E-state index contributed by atoms with van der Waals surface area (Å²) in [7, 11) is -4.06. The summed E-state index contributed by atoms with van der Waals surface area (Å²) in [6.45, 7) is 6.19. The number of hydrogen-bond acceptors (Lipinski definition) is 5. The number of sulfonamides is 1. The molecule has 0 aromatic heterocycles. The number of aliphatic carboxylic acids is 1. The van der Waals surface area contributed by atoms with Gasteiger partial charge in [0.25, 0.3) is 0 Å². The molecule has 0 radical (unpaired) electrons. The number of fused-ring (bicyclic) bond motifs is 1. The number of piperidine rings is 1. The number of halogens is 1. The zero-order valence-electron chi connectivity index (χ0n) is 17.4. The van der Waals surface area contributed by atoms with Crippen molar-refractivity contribution in [2.24, 2.45) is 0 Å². The van der Waals surface area contributed by atoms with E-state index in [0.29, 0.717) is 25.9 Å². The molecular weight excluding hydrogens is 474 g/mol. The normalized spacial score (nSPS) is 29.1. The topological polar surface area (TPSA) is 93.1 Å². The van der Waals surface area contributed by atoms with E-state index < -0.39 is 38.7 Å². The van der Waals surface area contributed by atoms with Crippen molar-refractivity contribution < 1.29 is 27.8 Å². The van der Waals surface area contributed by atoms with Crippen molar-refractivity contribution in [3.63, 3.8) is 0 Å². The van der Waals surface area contributed by atoms with Crippen molar-refractivity contribution >= 4 is 31.9 Å². The third-order valence-corrected chi connectivity index (χ3v) is 10.1. The highest BCUT2D eigenvalue weighted by Crippen LogP contribution is 2.48. The van der Waals surface area contributed by atoms with Gasteiger partial charge in [-0.05, 0) is 56.7 Å². The number of carbonyl (C=O) groups is 1. The molecule has 1 aromatic rings. The Hall–Kier alpha value is -1.00. The molecule has 2 aliphatic heterocycles. The Bertz CT molecular complexity index is 938. The Kier molecular flexibility index (Phi) is 5.59. The van der Waals surface area contributed by atoms with Crippen molar-refractivity contribution in [3.8, 4) is 0 Å². The molecule has 3 aliphatic rings. The fourth-order valence-corrected chi connectivity index (χ4v) is 7.49. The number of ether oxygens (including phenoxy) is 2. The summed E-state index contributed by atoms with van der Waals surface area (Å²) in [6.07, 6.45) is 0.143. The fourth-order valence-electron chi connectivity index (χ4n) is 5.08. The maximum absolute atomic E-state index is 13.5. The van der Waals surface area contributed by atoms with E-state index in [1.165, 1.54) is 9.87 Å². The van der Waals surface area contributed by atoms with E-state index in [1.807, 2.05) is 13.0 Å². The van der Waals surface area contributed by atoms with Crippen molar-refractivity contribution in [2.75, 3.05) is 13.1 Å². The number of aryl methyl sites for hydroxylation is 1. The smallest absolute Gasteiger partial charge is 0.326 e. The lowest BCUT2D eigenvalue weighted by Gasteiger charge is -2.37. The predicted octanol–water partition coefficient (Wildman–Crippen LogP) is 3.40. The second-order valence-corrected chi connectivity index (χ2v) is 12.2. The number of carboxylic acids is 1. The Morgan fingerprint density at radius 1 is 1.17 bits per heavy atom. The first-order valence-electron chi connectivity index (χ1n) is 10.3. The summed E-state index contributed by atoms with van der Waals surface area (Å²) in [6, 6.07) is 6.22. The first-order chi connectivity index (χ1) is 13.9. The van der Waals surface area contributed by atoms with Crippen LogP contribution in [-0.2, 0) is 24.3 Å². The molecule has 0 spiro atoms. The molecule has 1 aliphatic carbocycles. The third kappa shape index (κ3) is 3.62. The summed E-state index contributed by atoms with van der Waals surface area (Å²) in [5, 5.41) is 9.98. The van der Waals surface area contributed by atoms with E-state index in [0.717, 1.165) is 10.0 Å². The van der Waals surface area contributed by atoms with Gasteiger partial charge in [-0.1, -0.05) is 28.1 Å². The van der Waals surface area contributed by atoms with Crippen LogP contribution in [0.5, 0.6) is 0 Å². The Balaban J connectivity index is 1.51. The van der Waals surface area contributed by atoms with Gasteiger partial charge >= 0.3 is 5.97 Å². The molecule has 4 rings (SSSR count). The average molecular weight is 502 g/mol. The van der Waals surface area contributed by atoms with Crippen LogP contribution in [0.1, 0.15) is 56.6 Å². The van der Waals surface area contributed by atoms with Crippen LogP contribution >= 0.6 is 15.9 Å². The minimum absolute atomic E-state index is 0.0788. The first kappa shape index (κ1) is 22.2. The molecule has 0 bridgehead atoms. The SMILES string of the molecule is Cc1cc(C2CCN(S(=O)(=O)C3(C(=O)O)C[C@@H]4OC(C)(C)O[C@H]4C3)CC2)ccc1Br. The van der Waals surface area contributed by atoms with Gasteiger partial charge in [0, 0.05) is 30.4 Å². The first-order valence-corrected chi connectivity index (χ1v) is 12.5. The zero-order chi connectivity index (χ0) is 21.9. The molecule has 2 saturated heterocycles. The number of rotatable bonds is 4. The molecule has 0 amide bonds. The van der Waals surface area contributed by atoms with Gasteiger partial charge in [-0.25, -0.2) is 12.7 Å². The Labute approximate surface area is 185 Å². The van der Waals surface area contributed by atoms with Crippen molar-refractivity contribution in [1.82, 2.24) is 4.31 Å². The molecule has 7 nitrogen and oxygen atoms in total. The Morgan fingerprint density at radius 3 is 2.23 bits per heavy atom. The minimum Gasteiger partial charge on any atom is -0.480 e. The number of benzene rings is 1. The molecule has 2 heterocycles. The van der Waals surface area contributed by atoms with Crippen LogP contribution in [0.3, 0.4) is 0 Å². The predicted molar refractivity (Wildman–Crippen MR) is 115 cm³/mol. The van der Waals surface area contributed by atoms with Crippen LogP contribution in [0.25, 0.3) is 0 Å². The highest BCUT2D eigenvalue weighted by molar-refractivity contribution is 9.10. The molecular formula is C21H28BrNO6S. The maximum Gasteiger partial charge on any atom is 0.326 e. The van der Waals surface area contributed by atoms with E-state index in [-0.39, 0.29) is 18.8 Å². The third-order valence-electron chi connectivity index (χ3n) is 6.68. The summed E-state index contributed by atoms with van der Waals surface area (Å²) >= 11 is 3.51. The average Bonchev–Trinajstić information content (AvgIpc) is 3.16. The van der Waals surface area contributed by atoms with Gasteiger partial charge in [-0.2, -0.15) is 0 Å². The van der Waals surface area contributed by atoms with Gasteiger partial charge in [0.15, 0.2) is 10.5 Å². The largest absolute Gasteiger partial charge is 0.480 e. The molecule has 1 saturated carbocycles. The van der Waals surface area contributed by atoms with E-state index in [9.17, 15) is 18.3 Å². The van der Waals surface area contributed by atoms with Gasteiger partial charge < -0.3 is 14.6 Å². The van der Waals surface area contributed by atoms with Crippen molar-refractivity contribution in [3.05, 3.63) is 33.8 Å². The van der Waals surface area contributed by atoms with Gasteiger partial charge in [0.2, 0.25) is 10.0 Å².